The molecule has 3 N–H and O–H groups in total. The van der Waals surface area contributed by atoms with Crippen LogP contribution >= 0.6 is 0 Å². The van der Waals surface area contributed by atoms with Gasteiger partial charge in [0, 0.05) is 43.4 Å². The molecule has 1 aromatic carbocycles. The first-order valence-corrected chi connectivity index (χ1v) is 16.5. The molecule has 1 saturated heterocycles. The largest absolute Gasteiger partial charge is 0.507 e. The van der Waals surface area contributed by atoms with E-state index in [4.69, 9.17) is 10.5 Å². The molecule has 1 heterocycles. The van der Waals surface area contributed by atoms with Crippen molar-refractivity contribution in [3.8, 4) is 5.75 Å². The maximum Gasteiger partial charge on any atom is 0.252 e. The average molecular weight is 637 g/mol. The van der Waals surface area contributed by atoms with Gasteiger partial charge < -0.3 is 20.5 Å². The fraction of sp³-hybridized carbons (Fsp3) is 0.667. The second-order valence-corrected chi connectivity index (χ2v) is 16.1. The number of primary amides is 1. The van der Waals surface area contributed by atoms with Crippen molar-refractivity contribution in [2.75, 3.05) is 39.6 Å². The van der Waals surface area contributed by atoms with Crippen LogP contribution in [0.1, 0.15) is 82.8 Å². The number of carbonyl (C=O) groups excluding carboxylic acids is 4. The molecule has 1 amide bonds. The molecule has 10 heteroatoms. The molecule has 2 fully saturated rings. The number of carbonyl (C=O) groups is 4. The molecule has 1 spiro atoms. The third-order valence-electron chi connectivity index (χ3n) is 10.8. The van der Waals surface area contributed by atoms with Gasteiger partial charge in [0.1, 0.15) is 5.75 Å². The van der Waals surface area contributed by atoms with Gasteiger partial charge in [0.05, 0.1) is 29.2 Å². The van der Waals surface area contributed by atoms with Crippen LogP contribution in [0.2, 0.25) is 0 Å². The number of hydrogen-bond acceptors (Lipinski definition) is 9. The Kier molecular flexibility index (Phi) is 8.39. The van der Waals surface area contributed by atoms with Crippen molar-refractivity contribution in [3.63, 3.8) is 0 Å². The molecule has 4 aliphatic rings. The molecule has 1 aromatic rings. The Balaban J connectivity index is 1.62. The molecule has 46 heavy (non-hydrogen) atoms. The minimum atomic E-state index is -1.57. The normalized spacial score (nSPS) is 29.3. The van der Waals surface area contributed by atoms with Gasteiger partial charge >= 0.3 is 0 Å². The SMILES string of the molecule is CCN(Cc1cc(O)c2c(c1N(C)C)CC1CC3C(N(C)C)C(=O)C(C(N)=O)=C4C(C)OC43C(=O)C1C2=O)C(C)(C)CC(C)(C)C. The quantitative estimate of drug-likeness (QED) is 0.325. The summed E-state index contributed by atoms with van der Waals surface area (Å²) in [6.45, 7) is 16.4. The number of fused-ring (bicyclic) bond motifs is 2. The Morgan fingerprint density at radius 1 is 1.09 bits per heavy atom. The standard InChI is InChI=1S/C36H52N4O6/c1-12-40(35(6,7)17-34(3,4)5)16-20-15-23(41)25-21(28(20)38(8)9)13-19-14-22-29(39(10)11)31(43)26(33(37)45)27-18(2)46-36(22,27)32(44)24(19)30(25)42/h15,18-19,22,24,29,41H,12-14,16-17H2,1-11H3,(H2,37,45). The number of phenolic OH excluding ortho intramolecular Hbond substituents is 1. The van der Waals surface area contributed by atoms with Crippen molar-refractivity contribution in [2.24, 2.45) is 28.9 Å². The molecule has 1 aliphatic heterocycles. The number of likely N-dealkylation sites (N-methyl/N-ethyl adjacent to an activating group) is 1. The van der Waals surface area contributed by atoms with E-state index in [9.17, 15) is 24.3 Å². The minimum Gasteiger partial charge on any atom is -0.507 e. The zero-order chi connectivity index (χ0) is 34.4. The van der Waals surface area contributed by atoms with Crippen LogP contribution < -0.4 is 10.6 Å². The van der Waals surface area contributed by atoms with E-state index in [1.54, 1.807) is 32.0 Å². The Bertz CT molecular complexity index is 1540. The lowest BCUT2D eigenvalue weighted by molar-refractivity contribution is -0.207. The highest BCUT2D eigenvalue weighted by atomic mass is 16.5. The van der Waals surface area contributed by atoms with Crippen LogP contribution in [0.25, 0.3) is 0 Å². The van der Waals surface area contributed by atoms with Gasteiger partial charge in [0.2, 0.25) is 0 Å². The van der Waals surface area contributed by atoms with Gasteiger partial charge in [-0.2, -0.15) is 0 Å². The zero-order valence-corrected chi connectivity index (χ0v) is 29.4. The summed E-state index contributed by atoms with van der Waals surface area (Å²) in [4.78, 5) is 61.6. The molecular weight excluding hydrogens is 584 g/mol. The van der Waals surface area contributed by atoms with Gasteiger partial charge in [-0.05, 0) is 89.2 Å². The molecule has 252 valence electrons. The van der Waals surface area contributed by atoms with Crippen LogP contribution in [0.5, 0.6) is 5.75 Å². The van der Waals surface area contributed by atoms with E-state index in [2.05, 4.69) is 46.4 Å². The highest BCUT2D eigenvalue weighted by Gasteiger charge is 2.72. The Labute approximate surface area is 273 Å². The van der Waals surface area contributed by atoms with Gasteiger partial charge in [-0.1, -0.05) is 27.7 Å². The fourth-order valence-corrected chi connectivity index (χ4v) is 9.68. The zero-order valence-electron chi connectivity index (χ0n) is 29.4. The molecule has 10 nitrogen and oxygen atoms in total. The molecule has 3 aliphatic carbocycles. The Hall–Kier alpha value is -3.08. The predicted molar refractivity (Wildman–Crippen MR) is 177 cm³/mol. The number of amides is 1. The summed E-state index contributed by atoms with van der Waals surface area (Å²) >= 11 is 0. The summed E-state index contributed by atoms with van der Waals surface area (Å²) < 4.78 is 6.25. The van der Waals surface area contributed by atoms with Crippen LogP contribution in [-0.4, -0.2) is 96.2 Å². The summed E-state index contributed by atoms with van der Waals surface area (Å²) in [6, 6.07) is 0.882. The number of ether oxygens (including phenoxy) is 1. The van der Waals surface area contributed by atoms with E-state index in [0.717, 1.165) is 29.8 Å². The predicted octanol–water partition coefficient (Wildman–Crippen LogP) is 3.51. The third-order valence-corrected chi connectivity index (χ3v) is 10.8. The lowest BCUT2D eigenvalue weighted by atomic mass is 9.50. The van der Waals surface area contributed by atoms with Crippen molar-refractivity contribution >= 4 is 28.9 Å². The van der Waals surface area contributed by atoms with E-state index in [1.807, 2.05) is 19.0 Å². The molecule has 0 bridgehead atoms. The lowest BCUT2D eigenvalue weighted by Crippen LogP contribution is -2.75. The van der Waals surface area contributed by atoms with Gasteiger partial charge in [0.25, 0.3) is 5.91 Å². The van der Waals surface area contributed by atoms with Gasteiger partial charge in [-0.15, -0.1) is 0 Å². The first-order valence-electron chi connectivity index (χ1n) is 16.5. The van der Waals surface area contributed by atoms with E-state index in [0.29, 0.717) is 25.0 Å². The second-order valence-electron chi connectivity index (χ2n) is 16.1. The molecule has 6 unspecified atom stereocenters. The van der Waals surface area contributed by atoms with E-state index in [-0.39, 0.29) is 27.8 Å². The number of rotatable bonds is 8. The number of anilines is 1. The van der Waals surface area contributed by atoms with E-state index >= 15 is 0 Å². The highest BCUT2D eigenvalue weighted by Crippen LogP contribution is 2.60. The third kappa shape index (κ3) is 5.02. The minimum absolute atomic E-state index is 0.117. The highest BCUT2D eigenvalue weighted by molar-refractivity contribution is 6.26. The van der Waals surface area contributed by atoms with Gasteiger partial charge in [-0.25, -0.2) is 0 Å². The maximum atomic E-state index is 14.6. The first kappa shape index (κ1) is 34.3. The number of ketones is 3. The van der Waals surface area contributed by atoms with Gasteiger partial charge in [-0.3, -0.25) is 29.0 Å². The first-order chi connectivity index (χ1) is 21.2. The van der Waals surface area contributed by atoms with Crippen molar-refractivity contribution in [3.05, 3.63) is 33.9 Å². The Morgan fingerprint density at radius 3 is 2.22 bits per heavy atom. The second kappa shape index (κ2) is 11.3. The number of nitrogens with zero attached hydrogens (tertiary/aromatic N) is 3. The van der Waals surface area contributed by atoms with Crippen LogP contribution in [0.15, 0.2) is 17.2 Å². The molecule has 1 saturated carbocycles. The summed E-state index contributed by atoms with van der Waals surface area (Å²) in [5.41, 5.74) is 6.99. The summed E-state index contributed by atoms with van der Waals surface area (Å²) in [7, 11) is 7.38. The molecule has 0 radical (unpaired) electrons. The Morgan fingerprint density at radius 2 is 1.72 bits per heavy atom. The van der Waals surface area contributed by atoms with Crippen LogP contribution in [0.4, 0.5) is 5.69 Å². The van der Waals surface area contributed by atoms with E-state index < -0.39 is 58.8 Å². The lowest BCUT2D eigenvalue weighted by Gasteiger charge is -2.62. The van der Waals surface area contributed by atoms with Crippen LogP contribution in [-0.2, 0) is 32.1 Å². The number of nitrogens with two attached hydrogens (primary N) is 1. The number of Topliss-reactive ketones (excluding diaryl/α,β-unsaturated/α-hetero) is 3. The number of benzene rings is 1. The number of hydrogen-bond donors (Lipinski definition) is 2. The van der Waals surface area contributed by atoms with E-state index in [1.165, 1.54) is 0 Å². The molecular formula is C36H52N4O6. The van der Waals surface area contributed by atoms with Gasteiger partial charge in [0.15, 0.2) is 23.0 Å². The summed E-state index contributed by atoms with van der Waals surface area (Å²) in [6.07, 6.45) is 1.08. The number of aromatic hydroxyl groups is 1. The van der Waals surface area contributed by atoms with Crippen molar-refractivity contribution in [1.82, 2.24) is 9.80 Å². The van der Waals surface area contributed by atoms with Crippen molar-refractivity contribution in [1.29, 1.82) is 0 Å². The number of phenols is 1. The monoisotopic (exact) mass is 636 g/mol. The molecule has 6 atom stereocenters. The van der Waals surface area contributed by atoms with Crippen molar-refractivity contribution < 1.29 is 29.0 Å². The topological polar surface area (TPSA) is 133 Å². The van der Waals surface area contributed by atoms with Crippen LogP contribution in [0.3, 0.4) is 0 Å². The fourth-order valence-electron chi connectivity index (χ4n) is 9.68. The molecule has 0 aromatic heterocycles. The smallest absolute Gasteiger partial charge is 0.252 e. The summed E-state index contributed by atoms with van der Waals surface area (Å²) in [5, 5.41) is 11.5. The average Bonchev–Trinajstić information content (AvgIpc) is 2.89. The maximum absolute atomic E-state index is 14.6. The van der Waals surface area contributed by atoms with Crippen LogP contribution in [0, 0.1) is 23.2 Å². The van der Waals surface area contributed by atoms with Crippen molar-refractivity contribution in [2.45, 2.75) is 97.6 Å². The molecule has 5 rings (SSSR count). The summed E-state index contributed by atoms with van der Waals surface area (Å²) in [5.74, 6) is -4.34.